The molecule has 3 aromatic rings. The number of amides is 1. The van der Waals surface area contributed by atoms with Gasteiger partial charge < -0.3 is 10.2 Å². The van der Waals surface area contributed by atoms with Crippen molar-refractivity contribution in [2.45, 2.75) is 38.0 Å². The van der Waals surface area contributed by atoms with E-state index in [1.54, 1.807) is 0 Å². The SMILES string of the molecule is CCCNC(=O)c1cc2c3c(c1)C(c1ccccc1)CCN3CCC2c1ccccc1. The first-order valence-electron chi connectivity index (χ1n) is 11.6. The highest BCUT2D eigenvalue weighted by Gasteiger charge is 2.35. The number of rotatable bonds is 5. The molecule has 2 heterocycles. The lowest BCUT2D eigenvalue weighted by atomic mass is 9.76. The van der Waals surface area contributed by atoms with Gasteiger partial charge in [0.15, 0.2) is 0 Å². The minimum atomic E-state index is 0.0437. The number of hydrogen-bond donors (Lipinski definition) is 1. The highest BCUT2D eigenvalue weighted by Crippen LogP contribution is 2.48. The summed E-state index contributed by atoms with van der Waals surface area (Å²) in [6, 6.07) is 25.9. The summed E-state index contributed by atoms with van der Waals surface area (Å²) in [6.07, 6.45) is 3.12. The van der Waals surface area contributed by atoms with E-state index in [2.05, 4.69) is 89.9 Å². The van der Waals surface area contributed by atoms with Gasteiger partial charge in [-0.2, -0.15) is 0 Å². The first-order chi connectivity index (χ1) is 15.3. The van der Waals surface area contributed by atoms with Gasteiger partial charge in [-0.05, 0) is 53.6 Å². The van der Waals surface area contributed by atoms with Crippen LogP contribution in [0.3, 0.4) is 0 Å². The molecule has 31 heavy (non-hydrogen) atoms. The van der Waals surface area contributed by atoms with Gasteiger partial charge in [-0.1, -0.05) is 67.6 Å². The zero-order chi connectivity index (χ0) is 21.2. The van der Waals surface area contributed by atoms with E-state index in [-0.39, 0.29) is 5.91 Å². The average Bonchev–Trinajstić information content (AvgIpc) is 2.84. The predicted molar refractivity (Wildman–Crippen MR) is 127 cm³/mol. The lowest BCUT2D eigenvalue weighted by molar-refractivity contribution is 0.0953. The molecule has 2 unspecified atom stereocenters. The van der Waals surface area contributed by atoms with Gasteiger partial charge >= 0.3 is 0 Å². The monoisotopic (exact) mass is 410 g/mol. The fourth-order valence-corrected chi connectivity index (χ4v) is 5.33. The minimum Gasteiger partial charge on any atom is -0.371 e. The standard InChI is InChI=1S/C28H30N2O/c1-2-15-29-28(31)22-18-25-23(20-9-5-3-6-10-20)13-16-30-17-14-24(26(19-22)27(25)30)21-11-7-4-8-12-21/h3-12,18-19,23-24H,2,13-17H2,1H3,(H,29,31). The van der Waals surface area contributed by atoms with E-state index >= 15 is 0 Å². The Balaban J connectivity index is 1.67. The number of benzene rings is 3. The second-order valence-corrected chi connectivity index (χ2v) is 8.75. The molecule has 3 nitrogen and oxygen atoms in total. The van der Waals surface area contributed by atoms with Crippen molar-refractivity contribution in [2.24, 2.45) is 0 Å². The Morgan fingerprint density at radius 3 is 1.87 bits per heavy atom. The van der Waals surface area contributed by atoms with Crippen LogP contribution in [0.1, 0.15) is 70.6 Å². The van der Waals surface area contributed by atoms with Crippen LogP contribution in [0.15, 0.2) is 72.8 Å². The third kappa shape index (κ3) is 3.74. The zero-order valence-electron chi connectivity index (χ0n) is 18.2. The van der Waals surface area contributed by atoms with Crippen molar-refractivity contribution < 1.29 is 4.79 Å². The number of anilines is 1. The Morgan fingerprint density at radius 1 is 0.871 bits per heavy atom. The zero-order valence-corrected chi connectivity index (χ0v) is 18.2. The summed E-state index contributed by atoms with van der Waals surface area (Å²) in [5.74, 6) is 0.710. The molecule has 0 fully saturated rings. The number of carbonyl (C=O) groups excluding carboxylic acids is 1. The van der Waals surface area contributed by atoms with Gasteiger partial charge in [-0.25, -0.2) is 0 Å². The maximum atomic E-state index is 13.0. The largest absolute Gasteiger partial charge is 0.371 e. The average molecular weight is 411 g/mol. The Morgan fingerprint density at radius 2 is 1.39 bits per heavy atom. The lowest BCUT2D eigenvalue weighted by Gasteiger charge is -2.43. The number of nitrogens with one attached hydrogen (secondary N) is 1. The molecule has 2 aliphatic rings. The maximum absolute atomic E-state index is 13.0. The van der Waals surface area contributed by atoms with Gasteiger partial charge in [0.05, 0.1) is 0 Å². The molecule has 3 aromatic carbocycles. The molecule has 3 heteroatoms. The first kappa shape index (κ1) is 19.9. The summed E-state index contributed by atoms with van der Waals surface area (Å²) < 4.78 is 0. The van der Waals surface area contributed by atoms with Crippen molar-refractivity contribution in [3.05, 3.63) is 101 Å². The third-order valence-corrected chi connectivity index (χ3v) is 6.81. The molecular formula is C28H30N2O. The molecule has 2 aliphatic heterocycles. The second kappa shape index (κ2) is 8.58. The summed E-state index contributed by atoms with van der Waals surface area (Å²) in [7, 11) is 0. The topological polar surface area (TPSA) is 32.3 Å². The normalized spacial score (nSPS) is 19.6. The quantitative estimate of drug-likeness (QED) is 0.585. The molecule has 0 aromatic heterocycles. The van der Waals surface area contributed by atoms with E-state index in [1.165, 1.54) is 27.9 Å². The summed E-state index contributed by atoms with van der Waals surface area (Å²) in [6.45, 7) is 4.94. The van der Waals surface area contributed by atoms with Gasteiger partial charge in [-0.15, -0.1) is 0 Å². The van der Waals surface area contributed by atoms with Crippen LogP contribution in [0.5, 0.6) is 0 Å². The van der Waals surface area contributed by atoms with Crippen LogP contribution < -0.4 is 10.2 Å². The smallest absolute Gasteiger partial charge is 0.251 e. The van der Waals surface area contributed by atoms with Crippen molar-refractivity contribution in [3.63, 3.8) is 0 Å². The van der Waals surface area contributed by atoms with Crippen LogP contribution in [-0.4, -0.2) is 25.5 Å². The fourth-order valence-electron chi connectivity index (χ4n) is 5.33. The molecule has 0 saturated heterocycles. The van der Waals surface area contributed by atoms with E-state index in [0.29, 0.717) is 18.4 Å². The van der Waals surface area contributed by atoms with E-state index in [4.69, 9.17) is 0 Å². The minimum absolute atomic E-state index is 0.0437. The fraction of sp³-hybridized carbons (Fsp3) is 0.321. The van der Waals surface area contributed by atoms with Crippen molar-refractivity contribution >= 4 is 11.6 Å². The van der Waals surface area contributed by atoms with Crippen LogP contribution in [0.4, 0.5) is 5.69 Å². The highest BCUT2D eigenvalue weighted by atomic mass is 16.1. The summed E-state index contributed by atoms with van der Waals surface area (Å²) in [5, 5.41) is 3.09. The molecule has 0 bridgehead atoms. The summed E-state index contributed by atoms with van der Waals surface area (Å²) >= 11 is 0. The van der Waals surface area contributed by atoms with Gasteiger partial charge in [0.1, 0.15) is 0 Å². The van der Waals surface area contributed by atoms with E-state index < -0.39 is 0 Å². The van der Waals surface area contributed by atoms with Crippen LogP contribution in [0.2, 0.25) is 0 Å². The van der Waals surface area contributed by atoms with E-state index in [9.17, 15) is 4.79 Å². The molecule has 158 valence electrons. The summed E-state index contributed by atoms with van der Waals surface area (Å²) in [4.78, 5) is 15.6. The lowest BCUT2D eigenvalue weighted by Crippen LogP contribution is -2.38. The number of carbonyl (C=O) groups is 1. The Kier molecular flexibility index (Phi) is 5.50. The van der Waals surface area contributed by atoms with Crippen LogP contribution in [0.25, 0.3) is 0 Å². The Hall–Kier alpha value is -3.07. The molecule has 1 N–H and O–H groups in total. The van der Waals surface area contributed by atoms with Crippen molar-refractivity contribution in [2.75, 3.05) is 24.5 Å². The summed E-state index contributed by atoms with van der Waals surface area (Å²) in [5.41, 5.74) is 7.49. The second-order valence-electron chi connectivity index (χ2n) is 8.75. The molecule has 0 aliphatic carbocycles. The maximum Gasteiger partial charge on any atom is 0.251 e. The first-order valence-corrected chi connectivity index (χ1v) is 11.6. The predicted octanol–water partition coefficient (Wildman–Crippen LogP) is 5.70. The van der Waals surface area contributed by atoms with Gasteiger partial charge in [0.25, 0.3) is 5.91 Å². The van der Waals surface area contributed by atoms with Crippen LogP contribution in [0, 0.1) is 0 Å². The van der Waals surface area contributed by atoms with Crippen molar-refractivity contribution in [1.29, 1.82) is 0 Å². The number of hydrogen-bond acceptors (Lipinski definition) is 2. The molecule has 1 amide bonds. The number of nitrogens with zero attached hydrogens (tertiary/aromatic N) is 1. The van der Waals surface area contributed by atoms with Crippen molar-refractivity contribution in [3.8, 4) is 0 Å². The van der Waals surface area contributed by atoms with Gasteiger partial charge in [0, 0.05) is 42.7 Å². The highest BCUT2D eigenvalue weighted by molar-refractivity contribution is 5.96. The third-order valence-electron chi connectivity index (χ3n) is 6.81. The molecule has 0 spiro atoms. The van der Waals surface area contributed by atoms with E-state index in [0.717, 1.165) is 37.9 Å². The molecule has 0 radical (unpaired) electrons. The molecular weight excluding hydrogens is 380 g/mol. The molecule has 5 rings (SSSR count). The molecule has 0 saturated carbocycles. The van der Waals surface area contributed by atoms with Crippen LogP contribution >= 0.6 is 0 Å². The van der Waals surface area contributed by atoms with Crippen molar-refractivity contribution in [1.82, 2.24) is 5.32 Å². The van der Waals surface area contributed by atoms with Gasteiger partial charge in [0.2, 0.25) is 0 Å². The Labute approximate surface area is 185 Å². The van der Waals surface area contributed by atoms with Crippen LogP contribution in [-0.2, 0) is 0 Å². The molecule has 2 atom stereocenters. The van der Waals surface area contributed by atoms with E-state index in [1.807, 2.05) is 0 Å². The van der Waals surface area contributed by atoms with Gasteiger partial charge in [-0.3, -0.25) is 4.79 Å². The Bertz CT molecular complexity index is 988.